The number of halogens is 1. The van der Waals surface area contributed by atoms with Gasteiger partial charge in [-0.05, 0) is 41.3 Å². The van der Waals surface area contributed by atoms with Crippen molar-refractivity contribution in [2.24, 2.45) is 0 Å². The van der Waals surface area contributed by atoms with E-state index in [2.05, 4.69) is 5.32 Å². The zero-order valence-electron chi connectivity index (χ0n) is 15.1. The number of rotatable bonds is 6. The zero-order chi connectivity index (χ0) is 20.4. The van der Waals surface area contributed by atoms with Crippen molar-refractivity contribution >= 4 is 27.5 Å². The lowest BCUT2D eigenvalue weighted by Crippen LogP contribution is -2.42. The summed E-state index contributed by atoms with van der Waals surface area (Å²) in [5.41, 5.74) is -0.0150. The Balaban J connectivity index is 1.66. The highest BCUT2D eigenvalue weighted by Crippen LogP contribution is 2.15. The van der Waals surface area contributed by atoms with Gasteiger partial charge < -0.3 is 9.73 Å². The van der Waals surface area contributed by atoms with E-state index in [0.717, 1.165) is 4.57 Å². The van der Waals surface area contributed by atoms with E-state index in [4.69, 9.17) is 4.42 Å². The summed E-state index contributed by atoms with van der Waals surface area (Å²) in [6, 6.07) is 10.7. The van der Waals surface area contributed by atoms with Crippen LogP contribution in [0, 0.1) is 5.82 Å². The molecule has 29 heavy (non-hydrogen) atoms. The van der Waals surface area contributed by atoms with Gasteiger partial charge in [0, 0.05) is 0 Å². The Kier molecular flexibility index (Phi) is 5.13. The number of furan rings is 1. The van der Waals surface area contributed by atoms with Gasteiger partial charge in [-0.3, -0.25) is 18.7 Å². The number of nitrogens with zero attached hydrogens (tertiary/aromatic N) is 2. The van der Waals surface area contributed by atoms with E-state index >= 15 is 0 Å². The first kappa shape index (κ1) is 18.9. The van der Waals surface area contributed by atoms with Crippen molar-refractivity contribution in [3.8, 4) is 0 Å². The summed E-state index contributed by atoms with van der Waals surface area (Å²) in [4.78, 5) is 38.2. The molecule has 4 aromatic rings. The van der Waals surface area contributed by atoms with Crippen LogP contribution < -0.4 is 16.6 Å². The molecule has 1 amide bonds. The second-order valence-corrected chi connectivity index (χ2v) is 7.29. The molecule has 0 aliphatic rings. The van der Waals surface area contributed by atoms with E-state index in [9.17, 15) is 18.8 Å². The second-order valence-electron chi connectivity index (χ2n) is 6.38. The van der Waals surface area contributed by atoms with Gasteiger partial charge in [0.25, 0.3) is 5.56 Å². The lowest BCUT2D eigenvalue weighted by molar-refractivity contribution is -0.121. The molecule has 0 aliphatic heterocycles. The summed E-state index contributed by atoms with van der Waals surface area (Å²) < 4.78 is 21.0. The Morgan fingerprint density at radius 2 is 1.90 bits per heavy atom. The molecule has 0 saturated carbocycles. The van der Waals surface area contributed by atoms with Crippen LogP contribution in [0.5, 0.6) is 0 Å². The molecule has 0 fully saturated rings. The van der Waals surface area contributed by atoms with Gasteiger partial charge >= 0.3 is 5.69 Å². The van der Waals surface area contributed by atoms with Crippen LogP contribution in [0.15, 0.2) is 68.1 Å². The molecule has 9 heteroatoms. The van der Waals surface area contributed by atoms with Crippen molar-refractivity contribution in [3.63, 3.8) is 0 Å². The van der Waals surface area contributed by atoms with Gasteiger partial charge in [0.2, 0.25) is 5.91 Å². The minimum atomic E-state index is -0.599. The number of benzene rings is 1. The maximum atomic E-state index is 13.1. The molecule has 3 aromatic heterocycles. The van der Waals surface area contributed by atoms with E-state index in [1.54, 1.807) is 23.6 Å². The van der Waals surface area contributed by atoms with Crippen LogP contribution in [0.3, 0.4) is 0 Å². The molecule has 1 aromatic carbocycles. The molecule has 1 N–H and O–H groups in total. The zero-order valence-corrected chi connectivity index (χ0v) is 15.9. The molecule has 148 valence electrons. The minimum Gasteiger partial charge on any atom is -0.467 e. The summed E-state index contributed by atoms with van der Waals surface area (Å²) >= 11 is 1.20. The quantitative estimate of drug-likeness (QED) is 0.526. The molecule has 0 unspecified atom stereocenters. The van der Waals surface area contributed by atoms with Crippen molar-refractivity contribution in [3.05, 3.63) is 92.1 Å². The maximum absolute atomic E-state index is 13.1. The van der Waals surface area contributed by atoms with Crippen LogP contribution in [0.2, 0.25) is 0 Å². The van der Waals surface area contributed by atoms with Gasteiger partial charge in [-0.25, -0.2) is 9.18 Å². The first-order valence-electron chi connectivity index (χ1n) is 8.77. The Bertz CT molecular complexity index is 1270. The average molecular weight is 413 g/mol. The highest BCUT2D eigenvalue weighted by atomic mass is 32.1. The van der Waals surface area contributed by atoms with Crippen LogP contribution in [0.1, 0.15) is 11.3 Å². The highest BCUT2D eigenvalue weighted by Gasteiger charge is 2.17. The molecule has 0 radical (unpaired) electrons. The Morgan fingerprint density at radius 1 is 1.10 bits per heavy atom. The van der Waals surface area contributed by atoms with Crippen molar-refractivity contribution in [2.45, 2.75) is 19.6 Å². The summed E-state index contributed by atoms with van der Waals surface area (Å²) in [5, 5.41) is 4.39. The third kappa shape index (κ3) is 3.90. The number of carbonyl (C=O) groups is 1. The van der Waals surface area contributed by atoms with Gasteiger partial charge in [0.15, 0.2) is 0 Å². The topological polar surface area (TPSA) is 86.2 Å². The summed E-state index contributed by atoms with van der Waals surface area (Å²) in [6.45, 7) is -0.0567. The lowest BCUT2D eigenvalue weighted by atomic mass is 10.2. The van der Waals surface area contributed by atoms with Crippen molar-refractivity contribution in [1.29, 1.82) is 0 Å². The number of hydrogen-bond donors (Lipinski definition) is 1. The van der Waals surface area contributed by atoms with E-state index in [1.807, 2.05) is 0 Å². The first-order chi connectivity index (χ1) is 14.0. The Morgan fingerprint density at radius 3 is 2.62 bits per heavy atom. The van der Waals surface area contributed by atoms with Crippen LogP contribution in [-0.2, 0) is 24.4 Å². The number of thiophene rings is 1. The Labute approximate surface area is 167 Å². The fourth-order valence-electron chi connectivity index (χ4n) is 3.00. The monoisotopic (exact) mass is 413 g/mol. The average Bonchev–Trinajstić information content (AvgIpc) is 3.40. The minimum absolute atomic E-state index is 0.0141. The summed E-state index contributed by atoms with van der Waals surface area (Å²) in [7, 11) is 0. The van der Waals surface area contributed by atoms with E-state index in [0.29, 0.717) is 21.5 Å². The molecule has 7 nitrogen and oxygen atoms in total. The fourth-order valence-corrected chi connectivity index (χ4v) is 3.84. The third-order valence-corrected chi connectivity index (χ3v) is 5.32. The van der Waals surface area contributed by atoms with Crippen LogP contribution in [0.4, 0.5) is 4.39 Å². The fraction of sp³-hybridized carbons (Fsp3) is 0.150. The highest BCUT2D eigenvalue weighted by molar-refractivity contribution is 7.17. The van der Waals surface area contributed by atoms with Crippen molar-refractivity contribution in [1.82, 2.24) is 14.5 Å². The van der Waals surface area contributed by atoms with Crippen LogP contribution in [0.25, 0.3) is 10.2 Å². The molecule has 0 bridgehead atoms. The molecule has 0 saturated heterocycles. The SMILES string of the molecule is O=C(Cn1c(=O)n(Cc2ccc(F)cc2)c(=O)c2sccc21)NCc1ccco1. The van der Waals surface area contributed by atoms with Crippen molar-refractivity contribution < 1.29 is 13.6 Å². The second kappa shape index (κ2) is 7.88. The normalized spacial score (nSPS) is 11.1. The predicted molar refractivity (Wildman–Crippen MR) is 106 cm³/mol. The van der Waals surface area contributed by atoms with Crippen LogP contribution >= 0.6 is 11.3 Å². The molecule has 3 heterocycles. The number of nitrogens with one attached hydrogen (secondary N) is 1. The van der Waals surface area contributed by atoms with Crippen molar-refractivity contribution in [2.75, 3.05) is 0 Å². The van der Waals surface area contributed by atoms with Gasteiger partial charge in [-0.15, -0.1) is 11.3 Å². The lowest BCUT2D eigenvalue weighted by Gasteiger charge is -2.12. The molecule has 4 rings (SSSR count). The predicted octanol–water partition coefficient (Wildman–Crippen LogP) is 2.32. The number of hydrogen-bond acceptors (Lipinski definition) is 5. The smallest absolute Gasteiger partial charge is 0.332 e. The van der Waals surface area contributed by atoms with E-state index in [-0.39, 0.29) is 25.5 Å². The maximum Gasteiger partial charge on any atom is 0.332 e. The Hall–Kier alpha value is -3.46. The molecule has 0 spiro atoms. The van der Waals surface area contributed by atoms with Gasteiger partial charge in [-0.2, -0.15) is 0 Å². The summed E-state index contributed by atoms with van der Waals surface area (Å²) in [6.07, 6.45) is 1.51. The first-order valence-corrected chi connectivity index (χ1v) is 9.65. The molecular weight excluding hydrogens is 397 g/mol. The third-order valence-electron chi connectivity index (χ3n) is 4.43. The molecular formula is C20H16FN3O4S. The largest absolute Gasteiger partial charge is 0.467 e. The standard InChI is InChI=1S/C20H16FN3O4S/c21-14-5-3-13(4-6-14)11-24-19(26)18-16(7-9-29-18)23(20(24)27)12-17(25)22-10-15-2-1-8-28-15/h1-9H,10-12H2,(H,22,25). The molecule has 0 aliphatic carbocycles. The number of carbonyl (C=O) groups excluding carboxylic acids is 1. The number of fused-ring (bicyclic) bond motifs is 1. The van der Waals surface area contributed by atoms with Gasteiger partial charge in [0.05, 0.1) is 24.9 Å². The number of amides is 1. The number of aromatic nitrogens is 2. The van der Waals surface area contributed by atoms with Gasteiger partial charge in [-0.1, -0.05) is 12.1 Å². The van der Waals surface area contributed by atoms with E-state index < -0.39 is 17.1 Å². The van der Waals surface area contributed by atoms with Crippen LogP contribution in [-0.4, -0.2) is 15.0 Å². The van der Waals surface area contributed by atoms with E-state index in [1.165, 1.54) is 46.4 Å². The molecule has 0 atom stereocenters. The summed E-state index contributed by atoms with van der Waals surface area (Å²) in [5.74, 6) is -0.198. The van der Waals surface area contributed by atoms with Gasteiger partial charge in [0.1, 0.15) is 22.8 Å².